The van der Waals surface area contributed by atoms with E-state index in [2.05, 4.69) is 15.2 Å². The van der Waals surface area contributed by atoms with Gasteiger partial charge in [0.25, 0.3) is 5.56 Å². The van der Waals surface area contributed by atoms with E-state index in [1.807, 2.05) is 19.1 Å². The smallest absolute Gasteiger partial charge is 0.266 e. The molecule has 4 nitrogen and oxygen atoms in total. The van der Waals surface area contributed by atoms with Crippen LogP contribution in [0.3, 0.4) is 0 Å². The second-order valence-electron chi connectivity index (χ2n) is 3.30. The summed E-state index contributed by atoms with van der Waals surface area (Å²) in [5.74, 6) is 0.508. The van der Waals surface area contributed by atoms with Crippen molar-refractivity contribution >= 4 is 11.6 Å². The summed E-state index contributed by atoms with van der Waals surface area (Å²) in [5, 5.41) is 6.98. The van der Waals surface area contributed by atoms with Crippen molar-refractivity contribution in [3.05, 3.63) is 45.3 Å². The van der Waals surface area contributed by atoms with Gasteiger partial charge in [-0.15, -0.1) is 0 Å². The molecule has 0 radical (unpaired) electrons. The van der Waals surface area contributed by atoms with E-state index < -0.39 is 0 Å². The normalized spacial score (nSPS) is 10.4. The largest absolute Gasteiger partial charge is 0.285 e. The van der Waals surface area contributed by atoms with Crippen LogP contribution in [0.5, 0.6) is 0 Å². The third-order valence-electron chi connectivity index (χ3n) is 2.20. The second-order valence-corrected chi connectivity index (χ2v) is 3.73. The van der Waals surface area contributed by atoms with Gasteiger partial charge in [0, 0.05) is 10.6 Å². The van der Waals surface area contributed by atoms with Gasteiger partial charge in [-0.2, -0.15) is 5.10 Å². The van der Waals surface area contributed by atoms with Crippen molar-refractivity contribution in [3.8, 4) is 11.4 Å². The predicted octanol–water partition coefficient (Wildman–Crippen LogP) is 2.05. The molecule has 0 atom stereocenters. The maximum Gasteiger partial charge on any atom is 0.285 e. The summed E-state index contributed by atoms with van der Waals surface area (Å²) in [7, 11) is 0. The van der Waals surface area contributed by atoms with E-state index >= 15 is 0 Å². The van der Waals surface area contributed by atoms with Crippen molar-refractivity contribution in [1.82, 2.24) is 15.2 Å². The van der Waals surface area contributed by atoms with Crippen LogP contribution >= 0.6 is 11.6 Å². The topological polar surface area (TPSA) is 58.6 Å². The van der Waals surface area contributed by atoms with Gasteiger partial charge in [0.1, 0.15) is 5.69 Å². The molecule has 0 aliphatic heterocycles. The fourth-order valence-electron chi connectivity index (χ4n) is 1.34. The zero-order valence-corrected chi connectivity index (χ0v) is 9.45. The standard InChI is InChI=1S/C11H10ClN3O/c1-2-9-11(16)15-14-10(13-9)7-3-5-8(12)6-4-7/h3-6H,2H2,1H3,(H,15,16). The quantitative estimate of drug-likeness (QED) is 0.867. The number of hydrogen-bond acceptors (Lipinski definition) is 3. The van der Waals surface area contributed by atoms with Gasteiger partial charge in [-0.1, -0.05) is 18.5 Å². The van der Waals surface area contributed by atoms with E-state index in [1.165, 1.54) is 0 Å². The first-order chi connectivity index (χ1) is 7.70. The fraction of sp³-hybridized carbons (Fsp3) is 0.182. The number of nitrogens with zero attached hydrogens (tertiary/aromatic N) is 2. The minimum absolute atomic E-state index is 0.236. The number of rotatable bonds is 2. The first-order valence-corrected chi connectivity index (χ1v) is 5.30. The molecule has 5 heteroatoms. The summed E-state index contributed by atoms with van der Waals surface area (Å²) >= 11 is 5.78. The third kappa shape index (κ3) is 2.12. The van der Waals surface area contributed by atoms with Gasteiger partial charge in [-0.25, -0.2) is 10.1 Å². The molecule has 2 aromatic rings. The number of aromatic amines is 1. The third-order valence-corrected chi connectivity index (χ3v) is 2.46. The molecule has 0 unspecified atom stereocenters. The highest BCUT2D eigenvalue weighted by atomic mass is 35.5. The van der Waals surface area contributed by atoms with Crippen LogP contribution in [0.15, 0.2) is 29.1 Å². The van der Waals surface area contributed by atoms with E-state index in [1.54, 1.807) is 12.1 Å². The van der Waals surface area contributed by atoms with Crippen LogP contribution in [0.1, 0.15) is 12.6 Å². The molecule has 1 heterocycles. The molecule has 0 spiro atoms. The first-order valence-electron chi connectivity index (χ1n) is 4.92. The fourth-order valence-corrected chi connectivity index (χ4v) is 1.47. The number of H-pyrrole nitrogens is 1. The van der Waals surface area contributed by atoms with Gasteiger partial charge < -0.3 is 0 Å². The molecular weight excluding hydrogens is 226 g/mol. The summed E-state index contributed by atoms with van der Waals surface area (Å²) in [5.41, 5.74) is 1.08. The first kappa shape index (κ1) is 10.8. The van der Waals surface area contributed by atoms with Gasteiger partial charge in [-0.3, -0.25) is 4.79 Å². The minimum Gasteiger partial charge on any atom is -0.266 e. The van der Waals surface area contributed by atoms with E-state index in [4.69, 9.17) is 11.6 Å². The van der Waals surface area contributed by atoms with Crippen molar-refractivity contribution in [2.45, 2.75) is 13.3 Å². The van der Waals surface area contributed by atoms with Crippen molar-refractivity contribution in [1.29, 1.82) is 0 Å². The lowest BCUT2D eigenvalue weighted by atomic mass is 10.2. The molecule has 82 valence electrons. The minimum atomic E-state index is -0.236. The van der Waals surface area contributed by atoms with Crippen LogP contribution in [0.4, 0.5) is 0 Å². The highest BCUT2D eigenvalue weighted by molar-refractivity contribution is 6.30. The Morgan fingerprint density at radius 2 is 2.00 bits per heavy atom. The zero-order chi connectivity index (χ0) is 11.5. The van der Waals surface area contributed by atoms with Gasteiger partial charge in [0.15, 0.2) is 5.82 Å². The lowest BCUT2D eigenvalue weighted by Crippen LogP contribution is -2.16. The van der Waals surface area contributed by atoms with Crippen LogP contribution in [0.2, 0.25) is 5.02 Å². The number of aromatic nitrogens is 3. The van der Waals surface area contributed by atoms with E-state index in [9.17, 15) is 4.79 Å². The van der Waals surface area contributed by atoms with Gasteiger partial charge in [-0.05, 0) is 30.7 Å². The molecule has 0 fully saturated rings. The van der Waals surface area contributed by atoms with Gasteiger partial charge >= 0.3 is 0 Å². The van der Waals surface area contributed by atoms with Crippen molar-refractivity contribution < 1.29 is 0 Å². The number of nitrogens with one attached hydrogen (secondary N) is 1. The molecule has 2 rings (SSSR count). The van der Waals surface area contributed by atoms with Crippen LogP contribution in [0.25, 0.3) is 11.4 Å². The lowest BCUT2D eigenvalue weighted by Gasteiger charge is -2.01. The molecule has 0 saturated heterocycles. The Bertz CT molecular complexity index is 548. The SMILES string of the molecule is CCc1nc(-c2ccc(Cl)cc2)n[nH]c1=O. The Hall–Kier alpha value is -1.68. The highest BCUT2D eigenvalue weighted by Gasteiger charge is 2.05. The summed E-state index contributed by atoms with van der Waals surface area (Å²) in [6.07, 6.45) is 0.582. The summed E-state index contributed by atoms with van der Waals surface area (Å²) in [6.45, 7) is 1.88. The maximum atomic E-state index is 11.3. The number of benzene rings is 1. The Morgan fingerprint density at radius 3 is 2.62 bits per heavy atom. The van der Waals surface area contributed by atoms with Crippen LogP contribution in [-0.4, -0.2) is 15.2 Å². The molecule has 1 aromatic carbocycles. The van der Waals surface area contributed by atoms with Crippen molar-refractivity contribution in [2.24, 2.45) is 0 Å². The average molecular weight is 236 g/mol. The second kappa shape index (κ2) is 4.45. The Balaban J connectivity index is 2.48. The van der Waals surface area contributed by atoms with Crippen LogP contribution in [0, 0.1) is 0 Å². The molecule has 0 aliphatic carbocycles. The Morgan fingerprint density at radius 1 is 1.31 bits per heavy atom. The number of aryl methyl sites for hydroxylation is 1. The van der Waals surface area contributed by atoms with E-state index in [0.717, 1.165) is 5.56 Å². The highest BCUT2D eigenvalue weighted by Crippen LogP contribution is 2.16. The Kier molecular flexibility index (Phi) is 3.01. The van der Waals surface area contributed by atoms with Crippen LogP contribution in [-0.2, 0) is 6.42 Å². The summed E-state index contributed by atoms with van der Waals surface area (Å²) in [6, 6.07) is 7.15. The predicted molar refractivity (Wildman–Crippen MR) is 62.5 cm³/mol. The molecule has 1 aromatic heterocycles. The zero-order valence-electron chi connectivity index (χ0n) is 8.70. The van der Waals surface area contributed by atoms with Crippen molar-refractivity contribution in [3.63, 3.8) is 0 Å². The maximum absolute atomic E-state index is 11.3. The molecular formula is C11H10ClN3O. The lowest BCUT2D eigenvalue weighted by molar-refractivity contribution is 0.871. The molecule has 0 bridgehead atoms. The molecule has 0 saturated carbocycles. The van der Waals surface area contributed by atoms with Crippen molar-refractivity contribution in [2.75, 3.05) is 0 Å². The number of hydrogen-bond donors (Lipinski definition) is 1. The molecule has 0 amide bonds. The molecule has 16 heavy (non-hydrogen) atoms. The average Bonchev–Trinajstić information content (AvgIpc) is 2.31. The molecule has 0 aliphatic rings. The molecule has 1 N–H and O–H groups in total. The van der Waals surface area contributed by atoms with Crippen LogP contribution < -0.4 is 5.56 Å². The summed E-state index contributed by atoms with van der Waals surface area (Å²) < 4.78 is 0. The summed E-state index contributed by atoms with van der Waals surface area (Å²) in [4.78, 5) is 15.5. The monoisotopic (exact) mass is 235 g/mol. The van der Waals surface area contributed by atoms with Gasteiger partial charge in [0.2, 0.25) is 0 Å². The van der Waals surface area contributed by atoms with Gasteiger partial charge in [0.05, 0.1) is 0 Å². The van der Waals surface area contributed by atoms with E-state index in [-0.39, 0.29) is 5.56 Å². The van der Waals surface area contributed by atoms with E-state index in [0.29, 0.717) is 23.0 Å². The Labute approximate surface area is 97.3 Å². The number of halogens is 1.